The standard InChI is InChI=1S/C17H13N3S/c1-11-7-8-15-16(10-11)21-17(20-15)19-14-6-2-5-13-12(14)4-3-9-18-13/h2-10H,1H3,(H,19,20). The number of hydrogen-bond donors (Lipinski definition) is 1. The first-order chi connectivity index (χ1) is 10.3. The Labute approximate surface area is 126 Å². The molecule has 0 aliphatic carbocycles. The summed E-state index contributed by atoms with van der Waals surface area (Å²) in [4.78, 5) is 9.02. The van der Waals surface area contributed by atoms with Gasteiger partial charge in [-0.25, -0.2) is 4.98 Å². The molecule has 0 aliphatic rings. The van der Waals surface area contributed by atoms with E-state index in [1.807, 2.05) is 24.4 Å². The Morgan fingerprint density at radius 1 is 1.00 bits per heavy atom. The molecule has 1 N–H and O–H groups in total. The Bertz CT molecular complexity index is 938. The highest BCUT2D eigenvalue weighted by atomic mass is 32.1. The first kappa shape index (κ1) is 12.3. The quantitative estimate of drug-likeness (QED) is 0.571. The van der Waals surface area contributed by atoms with Gasteiger partial charge in [0.2, 0.25) is 0 Å². The summed E-state index contributed by atoms with van der Waals surface area (Å²) in [7, 11) is 0. The fraction of sp³-hybridized carbons (Fsp3) is 0.0588. The van der Waals surface area contributed by atoms with Gasteiger partial charge in [0.05, 0.1) is 15.7 Å². The zero-order valence-corrected chi connectivity index (χ0v) is 12.3. The number of nitrogens with one attached hydrogen (secondary N) is 1. The van der Waals surface area contributed by atoms with Gasteiger partial charge in [-0.15, -0.1) is 0 Å². The second-order valence-corrected chi connectivity index (χ2v) is 6.02. The normalized spacial score (nSPS) is 11.1. The molecule has 0 spiro atoms. The van der Waals surface area contributed by atoms with Gasteiger partial charge in [0.25, 0.3) is 0 Å². The zero-order valence-electron chi connectivity index (χ0n) is 11.5. The van der Waals surface area contributed by atoms with E-state index in [0.29, 0.717) is 0 Å². The number of benzene rings is 2. The molecule has 0 fully saturated rings. The fourth-order valence-corrected chi connectivity index (χ4v) is 3.39. The number of nitrogens with zero attached hydrogens (tertiary/aromatic N) is 2. The summed E-state index contributed by atoms with van der Waals surface area (Å²) in [5, 5.41) is 5.44. The maximum Gasteiger partial charge on any atom is 0.188 e. The molecule has 0 amide bonds. The Balaban J connectivity index is 1.79. The monoisotopic (exact) mass is 291 g/mol. The smallest absolute Gasteiger partial charge is 0.188 e. The zero-order chi connectivity index (χ0) is 14.2. The molecule has 4 aromatic rings. The van der Waals surface area contributed by atoms with Gasteiger partial charge in [0.1, 0.15) is 0 Å². The van der Waals surface area contributed by atoms with Crippen LogP contribution in [0.25, 0.3) is 21.1 Å². The van der Waals surface area contributed by atoms with Crippen LogP contribution in [0.15, 0.2) is 54.7 Å². The summed E-state index contributed by atoms with van der Waals surface area (Å²) >= 11 is 1.67. The lowest BCUT2D eigenvalue weighted by Crippen LogP contribution is -1.91. The van der Waals surface area contributed by atoms with Crippen molar-refractivity contribution in [3.63, 3.8) is 0 Å². The molecule has 0 aliphatic heterocycles. The topological polar surface area (TPSA) is 37.8 Å². The average Bonchev–Trinajstić information content (AvgIpc) is 2.89. The SMILES string of the molecule is Cc1ccc2nc(Nc3cccc4ncccc34)sc2c1. The Morgan fingerprint density at radius 3 is 2.90 bits per heavy atom. The van der Waals surface area contributed by atoms with Crippen LogP contribution in [0.4, 0.5) is 10.8 Å². The molecule has 21 heavy (non-hydrogen) atoms. The molecule has 2 heterocycles. The van der Waals surface area contributed by atoms with Crippen LogP contribution in [0, 0.1) is 6.92 Å². The Hall–Kier alpha value is -2.46. The van der Waals surface area contributed by atoms with Gasteiger partial charge in [-0.05, 0) is 48.9 Å². The molecule has 2 aromatic carbocycles. The van der Waals surface area contributed by atoms with Crippen LogP contribution in [-0.2, 0) is 0 Å². The number of aromatic nitrogens is 2. The summed E-state index contributed by atoms with van der Waals surface area (Å²) in [6, 6.07) is 16.4. The second kappa shape index (κ2) is 4.82. The molecular formula is C17H13N3S. The third kappa shape index (κ3) is 2.23. The second-order valence-electron chi connectivity index (χ2n) is 4.99. The number of fused-ring (bicyclic) bond motifs is 2. The summed E-state index contributed by atoms with van der Waals surface area (Å²) in [6.07, 6.45) is 1.81. The lowest BCUT2D eigenvalue weighted by molar-refractivity contribution is 1.40. The predicted molar refractivity (Wildman–Crippen MR) is 89.4 cm³/mol. The van der Waals surface area contributed by atoms with Crippen molar-refractivity contribution in [1.29, 1.82) is 0 Å². The highest BCUT2D eigenvalue weighted by molar-refractivity contribution is 7.22. The number of rotatable bonds is 2. The summed E-state index contributed by atoms with van der Waals surface area (Å²) in [6.45, 7) is 2.10. The molecule has 0 radical (unpaired) electrons. The van der Waals surface area contributed by atoms with Gasteiger partial charge < -0.3 is 5.32 Å². The first-order valence-electron chi connectivity index (χ1n) is 6.77. The number of aryl methyl sites for hydroxylation is 1. The molecule has 4 heteroatoms. The van der Waals surface area contributed by atoms with Gasteiger partial charge in [-0.1, -0.05) is 23.5 Å². The van der Waals surface area contributed by atoms with Gasteiger partial charge in [-0.3, -0.25) is 4.98 Å². The van der Waals surface area contributed by atoms with Gasteiger partial charge in [-0.2, -0.15) is 0 Å². The van der Waals surface area contributed by atoms with Gasteiger partial charge in [0, 0.05) is 17.3 Å². The third-order valence-electron chi connectivity index (χ3n) is 3.43. The van der Waals surface area contributed by atoms with Crippen molar-refractivity contribution in [3.05, 3.63) is 60.3 Å². The molecule has 4 rings (SSSR count). The largest absolute Gasteiger partial charge is 0.331 e. The predicted octanol–water partition coefficient (Wildman–Crippen LogP) is 4.90. The summed E-state index contributed by atoms with van der Waals surface area (Å²) in [5.74, 6) is 0. The van der Waals surface area contributed by atoms with E-state index in [2.05, 4.69) is 52.5 Å². The van der Waals surface area contributed by atoms with E-state index >= 15 is 0 Å². The maximum atomic E-state index is 4.64. The molecule has 0 unspecified atom stereocenters. The molecule has 102 valence electrons. The molecular weight excluding hydrogens is 278 g/mol. The maximum absolute atomic E-state index is 4.64. The molecule has 0 atom stereocenters. The van der Waals surface area contributed by atoms with E-state index in [9.17, 15) is 0 Å². The Kier molecular flexibility index (Phi) is 2.82. The minimum absolute atomic E-state index is 0.909. The van der Waals surface area contributed by atoms with Crippen LogP contribution in [0.1, 0.15) is 5.56 Å². The number of thiazole rings is 1. The van der Waals surface area contributed by atoms with E-state index in [-0.39, 0.29) is 0 Å². The van der Waals surface area contributed by atoms with Crippen LogP contribution in [0.2, 0.25) is 0 Å². The van der Waals surface area contributed by atoms with E-state index in [1.165, 1.54) is 10.3 Å². The molecule has 2 aromatic heterocycles. The molecule has 3 nitrogen and oxygen atoms in total. The average molecular weight is 291 g/mol. The number of pyridine rings is 1. The van der Waals surface area contributed by atoms with E-state index in [0.717, 1.165) is 27.2 Å². The highest BCUT2D eigenvalue weighted by Crippen LogP contribution is 2.31. The minimum atomic E-state index is 0.909. The van der Waals surface area contributed by atoms with Crippen molar-refractivity contribution in [3.8, 4) is 0 Å². The highest BCUT2D eigenvalue weighted by Gasteiger charge is 2.06. The van der Waals surface area contributed by atoms with Crippen LogP contribution < -0.4 is 5.32 Å². The molecule has 0 saturated heterocycles. The fourth-order valence-electron chi connectivity index (χ4n) is 2.41. The van der Waals surface area contributed by atoms with Crippen molar-refractivity contribution in [2.75, 3.05) is 5.32 Å². The van der Waals surface area contributed by atoms with Crippen molar-refractivity contribution < 1.29 is 0 Å². The lowest BCUT2D eigenvalue weighted by Gasteiger charge is -2.06. The van der Waals surface area contributed by atoms with Crippen LogP contribution in [0.3, 0.4) is 0 Å². The van der Waals surface area contributed by atoms with Crippen molar-refractivity contribution in [2.24, 2.45) is 0 Å². The van der Waals surface area contributed by atoms with Crippen LogP contribution >= 0.6 is 11.3 Å². The van der Waals surface area contributed by atoms with Crippen molar-refractivity contribution >= 4 is 43.3 Å². The minimum Gasteiger partial charge on any atom is -0.331 e. The first-order valence-corrected chi connectivity index (χ1v) is 7.59. The van der Waals surface area contributed by atoms with E-state index in [4.69, 9.17) is 0 Å². The van der Waals surface area contributed by atoms with Gasteiger partial charge >= 0.3 is 0 Å². The number of hydrogen-bond acceptors (Lipinski definition) is 4. The molecule has 0 saturated carbocycles. The van der Waals surface area contributed by atoms with Crippen molar-refractivity contribution in [1.82, 2.24) is 9.97 Å². The van der Waals surface area contributed by atoms with Crippen LogP contribution in [-0.4, -0.2) is 9.97 Å². The summed E-state index contributed by atoms with van der Waals surface area (Å²) < 4.78 is 1.20. The van der Waals surface area contributed by atoms with Gasteiger partial charge in [0.15, 0.2) is 5.13 Å². The lowest BCUT2D eigenvalue weighted by atomic mass is 10.2. The summed E-state index contributed by atoms with van der Waals surface area (Å²) in [5.41, 5.74) is 4.31. The van der Waals surface area contributed by atoms with E-state index in [1.54, 1.807) is 11.3 Å². The third-order valence-corrected chi connectivity index (χ3v) is 4.36. The number of anilines is 2. The Morgan fingerprint density at radius 2 is 1.95 bits per heavy atom. The van der Waals surface area contributed by atoms with Crippen LogP contribution in [0.5, 0.6) is 0 Å². The van der Waals surface area contributed by atoms with Crippen molar-refractivity contribution in [2.45, 2.75) is 6.92 Å². The molecule has 0 bridgehead atoms. The van der Waals surface area contributed by atoms with E-state index < -0.39 is 0 Å².